The normalized spacial score (nSPS) is 11.0. The van der Waals surface area contributed by atoms with Crippen LogP contribution in [0.3, 0.4) is 0 Å². The van der Waals surface area contributed by atoms with Crippen LogP contribution in [0.15, 0.2) is 54.1 Å². The van der Waals surface area contributed by atoms with Crippen molar-refractivity contribution >= 4 is 18.0 Å². The molecule has 0 saturated heterocycles. The van der Waals surface area contributed by atoms with Crippen LogP contribution in [0.4, 0.5) is 0 Å². The summed E-state index contributed by atoms with van der Waals surface area (Å²) in [5.74, 6) is 0.459. The Balaban J connectivity index is 1.88. The van der Waals surface area contributed by atoms with Gasteiger partial charge >= 0.3 is 5.97 Å². The molecule has 0 saturated carbocycles. The van der Waals surface area contributed by atoms with E-state index in [4.69, 9.17) is 9.47 Å². The summed E-state index contributed by atoms with van der Waals surface area (Å²) in [5.41, 5.74) is 1.88. The molecule has 0 aromatic heterocycles. The summed E-state index contributed by atoms with van der Waals surface area (Å²) in [6, 6.07) is 16.1. The molecule has 0 aliphatic heterocycles. The lowest BCUT2D eigenvalue weighted by Crippen LogP contribution is -2.25. The van der Waals surface area contributed by atoms with E-state index >= 15 is 0 Å². The number of benzene rings is 2. The van der Waals surface area contributed by atoms with E-state index in [0.29, 0.717) is 29.5 Å². The number of unbranched alkanes of at least 4 members (excludes halogenated alkanes) is 1. The van der Waals surface area contributed by atoms with Gasteiger partial charge in [-0.25, -0.2) is 4.79 Å². The van der Waals surface area contributed by atoms with Crippen molar-refractivity contribution in [1.82, 2.24) is 5.32 Å². The Kier molecular flexibility index (Phi) is 9.31. The number of amides is 1. The van der Waals surface area contributed by atoms with E-state index in [1.165, 1.54) is 11.6 Å². The molecular weight excluding hydrogens is 392 g/mol. The molecule has 0 spiro atoms. The molecule has 0 radical (unpaired) electrons. The van der Waals surface area contributed by atoms with Crippen LogP contribution in [0, 0.1) is 11.3 Å². The van der Waals surface area contributed by atoms with E-state index in [-0.39, 0.29) is 12.2 Å². The first-order valence-electron chi connectivity index (χ1n) is 10.4. The third-order valence-electron chi connectivity index (χ3n) is 4.51. The fourth-order valence-corrected chi connectivity index (χ4v) is 2.67. The lowest BCUT2D eigenvalue weighted by Gasteiger charge is -2.09. The second-order valence-electron chi connectivity index (χ2n) is 7.33. The second-order valence-corrected chi connectivity index (χ2v) is 7.33. The van der Waals surface area contributed by atoms with Crippen molar-refractivity contribution in [3.05, 3.63) is 65.2 Å². The predicted octanol–water partition coefficient (Wildman–Crippen LogP) is 4.62. The number of carbonyl (C=O) groups is 2. The Morgan fingerprint density at radius 2 is 1.71 bits per heavy atom. The second kappa shape index (κ2) is 12.2. The highest BCUT2D eigenvalue weighted by Crippen LogP contribution is 2.19. The van der Waals surface area contributed by atoms with Crippen LogP contribution in [0.2, 0.25) is 0 Å². The quantitative estimate of drug-likeness (QED) is 0.199. The molecule has 31 heavy (non-hydrogen) atoms. The summed E-state index contributed by atoms with van der Waals surface area (Å²) in [4.78, 5) is 24.1. The van der Waals surface area contributed by atoms with Gasteiger partial charge in [-0.05, 0) is 53.8 Å². The fourth-order valence-electron chi connectivity index (χ4n) is 2.67. The first kappa shape index (κ1) is 23.7. The SMILES string of the molecule is CCCCNC(=O)/C(C#N)=C/c1ccc(OC(=O)COc2ccc(C(C)C)cc2)cc1. The van der Waals surface area contributed by atoms with Gasteiger partial charge in [0, 0.05) is 6.54 Å². The van der Waals surface area contributed by atoms with Crippen molar-refractivity contribution in [2.75, 3.05) is 13.2 Å². The minimum atomic E-state index is -0.524. The van der Waals surface area contributed by atoms with Crippen molar-refractivity contribution < 1.29 is 19.1 Å². The average molecular weight is 421 g/mol. The molecule has 0 fully saturated rings. The highest BCUT2D eigenvalue weighted by molar-refractivity contribution is 6.01. The van der Waals surface area contributed by atoms with Crippen molar-refractivity contribution in [3.8, 4) is 17.6 Å². The molecule has 2 aromatic rings. The van der Waals surface area contributed by atoms with Crippen molar-refractivity contribution in [2.45, 2.75) is 39.5 Å². The van der Waals surface area contributed by atoms with Gasteiger partial charge in [-0.15, -0.1) is 0 Å². The smallest absolute Gasteiger partial charge is 0.349 e. The summed E-state index contributed by atoms with van der Waals surface area (Å²) in [5, 5.41) is 11.9. The van der Waals surface area contributed by atoms with E-state index in [1.54, 1.807) is 24.3 Å². The fraction of sp³-hybridized carbons (Fsp3) is 0.320. The summed E-state index contributed by atoms with van der Waals surface area (Å²) in [6.45, 7) is 6.57. The van der Waals surface area contributed by atoms with Crippen LogP contribution >= 0.6 is 0 Å². The number of nitrogens with one attached hydrogen (secondary N) is 1. The largest absolute Gasteiger partial charge is 0.482 e. The highest BCUT2D eigenvalue weighted by atomic mass is 16.6. The molecule has 6 heteroatoms. The molecule has 6 nitrogen and oxygen atoms in total. The number of hydrogen-bond acceptors (Lipinski definition) is 5. The lowest BCUT2D eigenvalue weighted by molar-refractivity contribution is -0.136. The van der Waals surface area contributed by atoms with Crippen LogP contribution in [0.1, 0.15) is 50.7 Å². The van der Waals surface area contributed by atoms with Crippen LogP contribution in [0.25, 0.3) is 6.08 Å². The number of nitriles is 1. The third kappa shape index (κ3) is 7.98. The summed E-state index contributed by atoms with van der Waals surface area (Å²) < 4.78 is 10.7. The van der Waals surface area contributed by atoms with E-state index in [2.05, 4.69) is 19.2 Å². The molecule has 162 valence electrons. The Labute approximate surface area is 183 Å². The van der Waals surface area contributed by atoms with Gasteiger partial charge in [0.25, 0.3) is 5.91 Å². The molecule has 0 atom stereocenters. The van der Waals surface area contributed by atoms with Gasteiger partial charge < -0.3 is 14.8 Å². The van der Waals surface area contributed by atoms with Gasteiger partial charge in [-0.1, -0.05) is 51.5 Å². The Bertz CT molecular complexity index is 939. The van der Waals surface area contributed by atoms with Gasteiger partial charge in [0.1, 0.15) is 23.1 Å². The minimum Gasteiger partial charge on any atom is -0.482 e. The molecule has 0 bridgehead atoms. The van der Waals surface area contributed by atoms with Gasteiger partial charge in [0.15, 0.2) is 6.61 Å². The highest BCUT2D eigenvalue weighted by Gasteiger charge is 2.09. The number of hydrogen-bond donors (Lipinski definition) is 1. The predicted molar refractivity (Wildman–Crippen MR) is 120 cm³/mol. The molecule has 2 aromatic carbocycles. The first-order valence-corrected chi connectivity index (χ1v) is 10.4. The zero-order valence-corrected chi connectivity index (χ0v) is 18.2. The Morgan fingerprint density at radius 1 is 1.06 bits per heavy atom. The molecular formula is C25H28N2O4. The minimum absolute atomic E-state index is 0.0257. The van der Waals surface area contributed by atoms with Crippen molar-refractivity contribution in [1.29, 1.82) is 5.26 Å². The maximum Gasteiger partial charge on any atom is 0.349 e. The number of carbonyl (C=O) groups excluding carboxylic acids is 2. The molecule has 1 N–H and O–H groups in total. The van der Waals surface area contributed by atoms with Crippen LogP contribution in [-0.4, -0.2) is 25.0 Å². The Hall–Kier alpha value is -3.59. The van der Waals surface area contributed by atoms with Gasteiger partial charge in [0.2, 0.25) is 0 Å². The topological polar surface area (TPSA) is 88.4 Å². The zero-order valence-electron chi connectivity index (χ0n) is 18.2. The molecule has 0 aliphatic carbocycles. The van der Waals surface area contributed by atoms with Crippen LogP contribution in [0.5, 0.6) is 11.5 Å². The van der Waals surface area contributed by atoms with Gasteiger partial charge in [-0.3, -0.25) is 4.79 Å². The standard InChI is InChI=1S/C25H28N2O4/c1-4-5-14-27-25(29)21(16-26)15-19-6-10-23(11-7-19)31-24(28)17-30-22-12-8-20(9-13-22)18(2)3/h6-13,15,18H,4-5,14,17H2,1-3H3,(H,27,29)/b21-15+. The van der Waals surface area contributed by atoms with E-state index in [9.17, 15) is 14.9 Å². The van der Waals surface area contributed by atoms with E-state index < -0.39 is 11.9 Å². The molecule has 1 amide bonds. The summed E-state index contributed by atoms with van der Waals surface area (Å²) >= 11 is 0. The first-order chi connectivity index (χ1) is 14.9. The number of ether oxygens (including phenoxy) is 2. The maximum atomic E-state index is 12.0. The van der Waals surface area contributed by atoms with E-state index in [1.807, 2.05) is 37.3 Å². The molecule has 2 rings (SSSR count). The molecule has 0 heterocycles. The Morgan fingerprint density at radius 3 is 2.29 bits per heavy atom. The lowest BCUT2D eigenvalue weighted by atomic mass is 10.0. The van der Waals surface area contributed by atoms with Crippen molar-refractivity contribution in [2.24, 2.45) is 0 Å². The van der Waals surface area contributed by atoms with Crippen LogP contribution < -0.4 is 14.8 Å². The molecule has 0 aliphatic rings. The number of nitrogens with zero attached hydrogens (tertiary/aromatic N) is 1. The van der Waals surface area contributed by atoms with Crippen LogP contribution in [-0.2, 0) is 9.59 Å². The van der Waals surface area contributed by atoms with Gasteiger partial charge in [0.05, 0.1) is 0 Å². The number of esters is 1. The maximum absolute atomic E-state index is 12.0. The average Bonchev–Trinajstić information content (AvgIpc) is 2.77. The summed E-state index contributed by atoms with van der Waals surface area (Å²) in [6.07, 6.45) is 3.32. The number of rotatable bonds is 10. The van der Waals surface area contributed by atoms with E-state index in [0.717, 1.165) is 12.8 Å². The van der Waals surface area contributed by atoms with Crippen molar-refractivity contribution in [3.63, 3.8) is 0 Å². The molecule has 0 unspecified atom stereocenters. The van der Waals surface area contributed by atoms with Gasteiger partial charge in [-0.2, -0.15) is 5.26 Å². The monoisotopic (exact) mass is 420 g/mol. The summed E-state index contributed by atoms with van der Waals surface area (Å²) in [7, 11) is 0. The third-order valence-corrected chi connectivity index (χ3v) is 4.51. The zero-order chi connectivity index (χ0) is 22.6.